The van der Waals surface area contributed by atoms with E-state index in [0.717, 1.165) is 5.56 Å². The molecule has 2 rings (SSSR count). The van der Waals surface area contributed by atoms with Gasteiger partial charge in [0.1, 0.15) is 11.4 Å². The lowest BCUT2D eigenvalue weighted by Crippen LogP contribution is -2.47. The number of carboxylic acids is 1. The summed E-state index contributed by atoms with van der Waals surface area (Å²) in [7, 11) is 0. The highest BCUT2D eigenvalue weighted by Gasteiger charge is 2.30. The normalized spacial score (nSPS) is 14.4. The molecule has 0 spiro atoms. The van der Waals surface area contributed by atoms with Crippen LogP contribution < -0.4 is 5.32 Å². The minimum absolute atomic E-state index is 0.0641. The van der Waals surface area contributed by atoms with Gasteiger partial charge in [-0.25, -0.2) is 9.18 Å². The second-order valence-corrected chi connectivity index (χ2v) is 8.61. The number of carbonyl (C=O) groups excluding carboxylic acids is 1. The minimum atomic E-state index is -1.15. The summed E-state index contributed by atoms with van der Waals surface area (Å²) in [4.78, 5) is 24.1. The summed E-state index contributed by atoms with van der Waals surface area (Å²) in [6.45, 7) is 5.19. The van der Waals surface area contributed by atoms with Crippen LogP contribution in [0.2, 0.25) is 0 Å². The van der Waals surface area contributed by atoms with Crippen molar-refractivity contribution in [1.29, 1.82) is 0 Å². The summed E-state index contributed by atoms with van der Waals surface area (Å²) in [5.74, 6) is -2.50. The van der Waals surface area contributed by atoms with Crippen molar-refractivity contribution in [1.82, 2.24) is 5.32 Å². The van der Waals surface area contributed by atoms with Gasteiger partial charge in [-0.15, -0.1) is 0 Å². The van der Waals surface area contributed by atoms with E-state index in [1.54, 1.807) is 26.8 Å². The topological polar surface area (TPSA) is 95.9 Å². The van der Waals surface area contributed by atoms with Crippen molar-refractivity contribution in [3.63, 3.8) is 0 Å². The van der Waals surface area contributed by atoms with E-state index in [0.29, 0.717) is 12.0 Å². The largest absolute Gasteiger partial charge is 0.481 e. The van der Waals surface area contributed by atoms with Gasteiger partial charge in [0.2, 0.25) is 0 Å². The Balaban J connectivity index is 2.15. The summed E-state index contributed by atoms with van der Waals surface area (Å²) in [6, 6.07) is 14.2. The molecule has 3 N–H and O–H groups in total. The third-order valence-corrected chi connectivity index (χ3v) is 4.71. The second kappa shape index (κ2) is 10.9. The number of alkyl carbamates (subject to hydrolysis) is 1. The molecule has 0 bridgehead atoms. The van der Waals surface area contributed by atoms with E-state index in [2.05, 4.69) is 5.32 Å². The Bertz CT molecular complexity index is 866. The molecule has 0 radical (unpaired) electrons. The molecule has 7 heteroatoms. The second-order valence-electron chi connectivity index (χ2n) is 8.61. The molecule has 0 heterocycles. The highest BCUT2D eigenvalue weighted by atomic mass is 19.1. The van der Waals surface area contributed by atoms with Crippen molar-refractivity contribution in [3.05, 3.63) is 71.5 Å². The van der Waals surface area contributed by atoms with Crippen LogP contribution in [-0.2, 0) is 22.4 Å². The van der Waals surface area contributed by atoms with Crippen molar-refractivity contribution < 1.29 is 28.9 Å². The lowest BCUT2D eigenvalue weighted by atomic mass is 9.89. The standard InChI is InChI=1S/C24H30FNO5/c1-24(2,3)31-23(30)26-20(14-16-8-5-4-6-9-16)21(27)15-18(22(28)29)12-17-10-7-11-19(25)13-17/h4-11,13,18,20-21,27H,12,14-15H2,1-3H3,(H,26,30)(H,28,29)/t18-,20+,21+/m1/s1. The van der Waals surface area contributed by atoms with Gasteiger partial charge in [0.15, 0.2) is 0 Å². The summed E-state index contributed by atoms with van der Waals surface area (Å²) in [6.07, 6.45) is -1.59. The average Bonchev–Trinajstić information content (AvgIpc) is 2.66. The number of hydrogen-bond donors (Lipinski definition) is 3. The maximum absolute atomic E-state index is 13.5. The van der Waals surface area contributed by atoms with Gasteiger partial charge >= 0.3 is 12.1 Å². The molecule has 0 saturated heterocycles. The monoisotopic (exact) mass is 431 g/mol. The lowest BCUT2D eigenvalue weighted by molar-refractivity contribution is -0.143. The first-order chi connectivity index (χ1) is 14.5. The number of nitrogens with one attached hydrogen (secondary N) is 1. The number of ether oxygens (including phenoxy) is 1. The Kier molecular flexibility index (Phi) is 8.56. The highest BCUT2D eigenvalue weighted by molar-refractivity contribution is 5.70. The van der Waals surface area contributed by atoms with Crippen molar-refractivity contribution in [2.75, 3.05) is 0 Å². The molecule has 0 unspecified atom stereocenters. The fraction of sp³-hybridized carbons (Fsp3) is 0.417. The molecule has 2 aromatic rings. The molecule has 0 aliphatic rings. The van der Waals surface area contributed by atoms with E-state index in [1.807, 2.05) is 30.3 Å². The molecule has 0 aromatic heterocycles. The summed E-state index contributed by atoms with van der Waals surface area (Å²) >= 11 is 0. The fourth-order valence-corrected chi connectivity index (χ4v) is 3.29. The van der Waals surface area contributed by atoms with Crippen molar-refractivity contribution in [3.8, 4) is 0 Å². The zero-order valence-corrected chi connectivity index (χ0v) is 18.0. The average molecular weight is 432 g/mol. The van der Waals surface area contributed by atoms with E-state index in [-0.39, 0.29) is 12.8 Å². The van der Waals surface area contributed by atoms with Gasteiger partial charge < -0.3 is 20.3 Å². The van der Waals surface area contributed by atoms with Gasteiger partial charge in [0.05, 0.1) is 18.1 Å². The zero-order chi connectivity index (χ0) is 23.0. The van der Waals surface area contributed by atoms with Crippen LogP contribution in [0.15, 0.2) is 54.6 Å². The quantitative estimate of drug-likeness (QED) is 0.559. The Morgan fingerprint density at radius 2 is 1.68 bits per heavy atom. The first-order valence-corrected chi connectivity index (χ1v) is 10.2. The van der Waals surface area contributed by atoms with Crippen LogP contribution in [0.25, 0.3) is 0 Å². The Morgan fingerprint density at radius 3 is 2.26 bits per heavy atom. The van der Waals surface area contributed by atoms with Crippen LogP contribution in [0, 0.1) is 11.7 Å². The van der Waals surface area contributed by atoms with Crippen LogP contribution >= 0.6 is 0 Å². The van der Waals surface area contributed by atoms with Gasteiger partial charge in [-0.2, -0.15) is 0 Å². The van der Waals surface area contributed by atoms with E-state index < -0.39 is 41.5 Å². The smallest absolute Gasteiger partial charge is 0.407 e. The zero-order valence-electron chi connectivity index (χ0n) is 18.0. The lowest BCUT2D eigenvalue weighted by Gasteiger charge is -2.28. The van der Waals surface area contributed by atoms with Gasteiger partial charge in [0, 0.05) is 0 Å². The number of benzene rings is 2. The molecule has 0 saturated carbocycles. The number of aliphatic hydroxyl groups excluding tert-OH is 1. The highest BCUT2D eigenvalue weighted by Crippen LogP contribution is 2.19. The van der Waals surface area contributed by atoms with Crippen molar-refractivity contribution in [2.24, 2.45) is 5.92 Å². The molecule has 6 nitrogen and oxygen atoms in total. The van der Waals surface area contributed by atoms with Crippen molar-refractivity contribution in [2.45, 2.75) is 57.8 Å². The third kappa shape index (κ3) is 8.76. The summed E-state index contributed by atoms with van der Waals surface area (Å²) in [5, 5.41) is 23.2. The number of carboxylic acid groups (broad SMARTS) is 1. The third-order valence-electron chi connectivity index (χ3n) is 4.71. The van der Waals surface area contributed by atoms with E-state index in [9.17, 15) is 24.2 Å². The first-order valence-electron chi connectivity index (χ1n) is 10.2. The number of aliphatic hydroxyl groups is 1. The summed E-state index contributed by atoms with van der Waals surface area (Å²) < 4.78 is 18.8. The van der Waals surface area contributed by atoms with Gasteiger partial charge in [0.25, 0.3) is 0 Å². The summed E-state index contributed by atoms with van der Waals surface area (Å²) in [5.41, 5.74) is 0.687. The fourth-order valence-electron chi connectivity index (χ4n) is 3.29. The maximum atomic E-state index is 13.5. The molecule has 0 aliphatic heterocycles. The minimum Gasteiger partial charge on any atom is -0.481 e. The number of rotatable bonds is 9. The number of halogens is 1. The van der Waals surface area contributed by atoms with Crippen LogP contribution in [0.1, 0.15) is 38.3 Å². The molecular formula is C24H30FNO5. The molecule has 31 heavy (non-hydrogen) atoms. The van der Waals surface area contributed by atoms with Crippen molar-refractivity contribution >= 4 is 12.1 Å². The van der Waals surface area contributed by atoms with Crippen LogP contribution in [-0.4, -0.2) is 40.0 Å². The van der Waals surface area contributed by atoms with Gasteiger partial charge in [-0.3, -0.25) is 4.79 Å². The van der Waals surface area contributed by atoms with Crippen LogP contribution in [0.4, 0.5) is 9.18 Å². The van der Waals surface area contributed by atoms with E-state index in [1.165, 1.54) is 18.2 Å². The molecule has 168 valence electrons. The molecule has 2 aromatic carbocycles. The number of aliphatic carboxylic acids is 1. The Labute approximate surface area is 182 Å². The number of hydrogen-bond acceptors (Lipinski definition) is 4. The maximum Gasteiger partial charge on any atom is 0.407 e. The number of carbonyl (C=O) groups is 2. The van der Waals surface area contributed by atoms with Crippen LogP contribution in [0.5, 0.6) is 0 Å². The Morgan fingerprint density at radius 1 is 1.03 bits per heavy atom. The molecule has 1 amide bonds. The number of amides is 1. The van der Waals surface area contributed by atoms with Gasteiger partial charge in [-0.05, 0) is 63.3 Å². The molecule has 3 atom stereocenters. The van der Waals surface area contributed by atoms with E-state index in [4.69, 9.17) is 4.74 Å². The first kappa shape index (κ1) is 24.3. The molecule has 0 fully saturated rings. The van der Waals surface area contributed by atoms with Gasteiger partial charge in [-0.1, -0.05) is 42.5 Å². The Hall–Kier alpha value is -2.93. The molecular weight excluding hydrogens is 401 g/mol. The molecule has 0 aliphatic carbocycles. The predicted octanol–water partition coefficient (Wildman–Crippen LogP) is 3.96. The van der Waals surface area contributed by atoms with E-state index >= 15 is 0 Å². The SMILES string of the molecule is CC(C)(C)OC(=O)N[C@@H](Cc1ccccc1)[C@@H](O)C[C@@H](Cc1cccc(F)c1)C(=O)O. The predicted molar refractivity (Wildman–Crippen MR) is 115 cm³/mol. The van der Waals surface area contributed by atoms with Crippen LogP contribution in [0.3, 0.4) is 0 Å².